The van der Waals surface area contributed by atoms with E-state index in [1.54, 1.807) is 6.92 Å². The molecule has 12 heavy (non-hydrogen) atoms. The number of halogens is 2. The van der Waals surface area contributed by atoms with Gasteiger partial charge in [0.2, 0.25) is 0 Å². The largest absolute Gasteiger partial charge is 0.298 e. The molecule has 0 aliphatic carbocycles. The van der Waals surface area contributed by atoms with Crippen molar-refractivity contribution in [1.82, 2.24) is 0 Å². The maximum absolute atomic E-state index is 12.9. The summed E-state index contributed by atoms with van der Waals surface area (Å²) < 4.78 is 25.7. The van der Waals surface area contributed by atoms with Crippen molar-refractivity contribution in [2.45, 2.75) is 13.8 Å². The van der Waals surface area contributed by atoms with Crippen molar-refractivity contribution in [2.75, 3.05) is 0 Å². The summed E-state index contributed by atoms with van der Waals surface area (Å²) in [6, 6.07) is 1.33. The summed E-state index contributed by atoms with van der Waals surface area (Å²) in [4.78, 5) is 10.2. The van der Waals surface area contributed by atoms with Crippen LogP contribution in [0.25, 0.3) is 0 Å². The highest BCUT2D eigenvalue weighted by atomic mass is 19.2. The van der Waals surface area contributed by atoms with Crippen molar-refractivity contribution in [3.63, 3.8) is 0 Å². The molecule has 0 aliphatic heterocycles. The van der Waals surface area contributed by atoms with Gasteiger partial charge in [0, 0.05) is 0 Å². The summed E-state index contributed by atoms with van der Waals surface area (Å²) in [6.45, 7) is 3.10. The lowest BCUT2D eigenvalue weighted by Crippen LogP contribution is -1.98. The van der Waals surface area contributed by atoms with Crippen LogP contribution < -0.4 is 0 Å². The number of aldehydes is 1. The second-order valence-electron chi connectivity index (χ2n) is 2.65. The summed E-state index contributed by atoms with van der Waals surface area (Å²) in [5.74, 6) is -2.00. The van der Waals surface area contributed by atoms with E-state index in [0.29, 0.717) is 11.8 Å². The molecule has 1 aromatic carbocycles. The second kappa shape index (κ2) is 3.01. The third-order valence-corrected chi connectivity index (χ3v) is 1.87. The first kappa shape index (κ1) is 8.84. The van der Waals surface area contributed by atoms with Gasteiger partial charge in [0.25, 0.3) is 0 Å². The average molecular weight is 170 g/mol. The van der Waals surface area contributed by atoms with Crippen LogP contribution in [-0.2, 0) is 0 Å². The summed E-state index contributed by atoms with van der Waals surface area (Å²) in [6.07, 6.45) is 0.310. The first-order chi connectivity index (χ1) is 5.57. The van der Waals surface area contributed by atoms with Crippen LogP contribution in [0.15, 0.2) is 6.07 Å². The van der Waals surface area contributed by atoms with Crippen LogP contribution in [0, 0.1) is 25.5 Å². The lowest BCUT2D eigenvalue weighted by molar-refractivity contribution is 0.111. The lowest BCUT2D eigenvalue weighted by Gasteiger charge is -2.03. The van der Waals surface area contributed by atoms with E-state index in [1.807, 2.05) is 0 Å². The van der Waals surface area contributed by atoms with Gasteiger partial charge in [-0.3, -0.25) is 4.79 Å². The first-order valence-corrected chi connectivity index (χ1v) is 3.48. The summed E-state index contributed by atoms with van der Waals surface area (Å²) in [7, 11) is 0. The lowest BCUT2D eigenvalue weighted by atomic mass is 10.1. The molecular formula is C9H8F2O. The maximum atomic E-state index is 12.9. The highest BCUT2D eigenvalue weighted by Gasteiger charge is 2.12. The number of hydrogen-bond acceptors (Lipinski definition) is 1. The van der Waals surface area contributed by atoms with Gasteiger partial charge in [0.15, 0.2) is 17.9 Å². The van der Waals surface area contributed by atoms with E-state index >= 15 is 0 Å². The van der Waals surface area contributed by atoms with E-state index in [2.05, 4.69) is 0 Å². The van der Waals surface area contributed by atoms with Crippen molar-refractivity contribution in [2.24, 2.45) is 0 Å². The van der Waals surface area contributed by atoms with Gasteiger partial charge in [0.1, 0.15) is 0 Å². The SMILES string of the molecule is Cc1cc(C=O)c(F)c(F)c1C. The van der Waals surface area contributed by atoms with E-state index in [-0.39, 0.29) is 11.1 Å². The molecule has 1 aromatic rings. The summed E-state index contributed by atoms with van der Waals surface area (Å²) in [5.41, 5.74) is 0.602. The van der Waals surface area contributed by atoms with Crippen LogP contribution >= 0.6 is 0 Å². The fourth-order valence-corrected chi connectivity index (χ4v) is 0.955. The predicted molar refractivity (Wildman–Crippen MR) is 41.2 cm³/mol. The quantitative estimate of drug-likeness (QED) is 0.591. The first-order valence-electron chi connectivity index (χ1n) is 3.48. The highest BCUT2D eigenvalue weighted by molar-refractivity contribution is 5.75. The molecule has 0 atom stereocenters. The van der Waals surface area contributed by atoms with Gasteiger partial charge >= 0.3 is 0 Å². The zero-order chi connectivity index (χ0) is 9.30. The number of benzene rings is 1. The van der Waals surface area contributed by atoms with E-state index < -0.39 is 11.6 Å². The molecule has 0 unspecified atom stereocenters. The molecule has 0 heterocycles. The van der Waals surface area contributed by atoms with Crippen molar-refractivity contribution >= 4 is 6.29 Å². The molecule has 0 amide bonds. The minimum atomic E-state index is -1.06. The molecule has 0 aromatic heterocycles. The van der Waals surface area contributed by atoms with Crippen LogP contribution in [0.2, 0.25) is 0 Å². The van der Waals surface area contributed by atoms with Gasteiger partial charge in [-0.05, 0) is 31.0 Å². The number of hydrogen-bond donors (Lipinski definition) is 0. The molecular weight excluding hydrogens is 162 g/mol. The zero-order valence-corrected chi connectivity index (χ0v) is 6.82. The zero-order valence-electron chi connectivity index (χ0n) is 6.82. The van der Waals surface area contributed by atoms with E-state index in [0.717, 1.165) is 0 Å². The monoisotopic (exact) mass is 170 g/mol. The Morgan fingerprint density at radius 1 is 1.25 bits per heavy atom. The molecule has 3 heteroatoms. The van der Waals surface area contributed by atoms with Crippen LogP contribution in [-0.4, -0.2) is 6.29 Å². The number of carbonyl (C=O) groups is 1. The molecule has 0 saturated carbocycles. The normalized spacial score (nSPS) is 10.0. The molecule has 0 N–H and O–H groups in total. The highest BCUT2D eigenvalue weighted by Crippen LogP contribution is 2.18. The molecule has 0 fully saturated rings. The minimum Gasteiger partial charge on any atom is -0.298 e. The summed E-state index contributed by atoms with van der Waals surface area (Å²) >= 11 is 0. The minimum absolute atomic E-state index is 0.226. The molecule has 1 nitrogen and oxygen atoms in total. The van der Waals surface area contributed by atoms with Crippen molar-refractivity contribution in [1.29, 1.82) is 0 Å². The fraction of sp³-hybridized carbons (Fsp3) is 0.222. The second-order valence-corrected chi connectivity index (χ2v) is 2.65. The predicted octanol–water partition coefficient (Wildman–Crippen LogP) is 2.39. The molecule has 1 rings (SSSR count). The van der Waals surface area contributed by atoms with Crippen molar-refractivity contribution < 1.29 is 13.6 Å². The molecule has 0 aliphatic rings. The number of rotatable bonds is 1. The standard InChI is InChI=1S/C9H8F2O/c1-5-3-7(4-12)9(11)8(10)6(5)2/h3-4H,1-2H3. The fourth-order valence-electron chi connectivity index (χ4n) is 0.955. The van der Waals surface area contributed by atoms with Crippen molar-refractivity contribution in [3.05, 3.63) is 34.4 Å². The third-order valence-electron chi connectivity index (χ3n) is 1.87. The van der Waals surface area contributed by atoms with E-state index in [1.165, 1.54) is 13.0 Å². The van der Waals surface area contributed by atoms with E-state index in [9.17, 15) is 13.6 Å². The number of aryl methyl sites for hydroxylation is 1. The molecule has 64 valence electrons. The third kappa shape index (κ3) is 1.22. The van der Waals surface area contributed by atoms with Gasteiger partial charge in [-0.25, -0.2) is 8.78 Å². The Kier molecular flexibility index (Phi) is 2.22. The van der Waals surface area contributed by atoms with Crippen LogP contribution in [0.4, 0.5) is 8.78 Å². The number of carbonyl (C=O) groups excluding carboxylic acids is 1. The Labute approximate surface area is 69.0 Å². The Morgan fingerprint density at radius 2 is 1.83 bits per heavy atom. The van der Waals surface area contributed by atoms with Gasteiger partial charge in [0.05, 0.1) is 5.56 Å². The molecule has 0 spiro atoms. The van der Waals surface area contributed by atoms with Crippen LogP contribution in [0.5, 0.6) is 0 Å². The molecule has 0 radical (unpaired) electrons. The van der Waals surface area contributed by atoms with E-state index in [4.69, 9.17) is 0 Å². The Bertz CT molecular complexity index is 332. The van der Waals surface area contributed by atoms with Crippen LogP contribution in [0.1, 0.15) is 21.5 Å². The van der Waals surface area contributed by atoms with Crippen molar-refractivity contribution in [3.8, 4) is 0 Å². The molecule has 0 bridgehead atoms. The summed E-state index contributed by atoms with van der Waals surface area (Å²) in [5, 5.41) is 0. The van der Waals surface area contributed by atoms with Gasteiger partial charge < -0.3 is 0 Å². The van der Waals surface area contributed by atoms with Gasteiger partial charge in [-0.2, -0.15) is 0 Å². The smallest absolute Gasteiger partial charge is 0.169 e. The van der Waals surface area contributed by atoms with Crippen LogP contribution in [0.3, 0.4) is 0 Å². The average Bonchev–Trinajstić information content (AvgIpc) is 2.08. The Balaban J connectivity index is 3.49. The van der Waals surface area contributed by atoms with Gasteiger partial charge in [-0.15, -0.1) is 0 Å². The van der Waals surface area contributed by atoms with Gasteiger partial charge in [-0.1, -0.05) is 0 Å². The maximum Gasteiger partial charge on any atom is 0.169 e. The topological polar surface area (TPSA) is 17.1 Å². The molecule has 0 saturated heterocycles. The Hall–Kier alpha value is -1.25. The Morgan fingerprint density at radius 3 is 2.33 bits per heavy atom.